The summed E-state index contributed by atoms with van der Waals surface area (Å²) in [6.45, 7) is 4.03. The summed E-state index contributed by atoms with van der Waals surface area (Å²) < 4.78 is 23.7. The maximum atomic E-state index is 11.9. The molecule has 1 aromatic rings. The van der Waals surface area contributed by atoms with Crippen molar-refractivity contribution in [2.24, 2.45) is 0 Å². The third-order valence-electron chi connectivity index (χ3n) is 2.37. The van der Waals surface area contributed by atoms with E-state index in [1.807, 2.05) is 0 Å². The smallest absolute Gasteiger partial charge is 0.221 e. The van der Waals surface area contributed by atoms with Crippen LogP contribution in [0.4, 0.5) is 0 Å². The van der Waals surface area contributed by atoms with E-state index in [1.54, 1.807) is 24.3 Å². The second-order valence-electron chi connectivity index (χ2n) is 3.81. The predicted octanol–water partition coefficient (Wildman–Crippen LogP) is 1.54. The maximum absolute atomic E-state index is 11.9. The van der Waals surface area contributed by atoms with Gasteiger partial charge in [-0.05, 0) is 18.6 Å². The number of hydrogen-bond acceptors (Lipinski definition) is 3. The lowest BCUT2D eigenvalue weighted by molar-refractivity contribution is -0.120. The number of rotatable bonds is 7. The summed E-state index contributed by atoms with van der Waals surface area (Å²) in [5.41, 5.74) is 0. The number of nitrogens with one attached hydrogen (secondary N) is 1. The molecule has 5 heteroatoms. The topological polar surface area (TPSA) is 63.2 Å². The summed E-state index contributed by atoms with van der Waals surface area (Å²) >= 11 is 0. The van der Waals surface area contributed by atoms with E-state index in [-0.39, 0.29) is 23.0 Å². The lowest BCUT2D eigenvalue weighted by Gasteiger charge is -2.05. The Kier molecular flexibility index (Phi) is 5.58. The second kappa shape index (κ2) is 6.96. The Labute approximate surface area is 108 Å². The van der Waals surface area contributed by atoms with Crippen molar-refractivity contribution >= 4 is 15.7 Å². The van der Waals surface area contributed by atoms with Gasteiger partial charge >= 0.3 is 0 Å². The minimum atomic E-state index is -3.37. The van der Waals surface area contributed by atoms with Crippen LogP contribution in [0.2, 0.25) is 0 Å². The van der Waals surface area contributed by atoms with E-state index in [4.69, 9.17) is 0 Å². The van der Waals surface area contributed by atoms with Gasteiger partial charge in [-0.15, -0.1) is 6.58 Å². The van der Waals surface area contributed by atoms with Crippen LogP contribution >= 0.6 is 0 Å². The summed E-state index contributed by atoms with van der Waals surface area (Å²) in [5.74, 6) is -0.423. The average molecular weight is 267 g/mol. The van der Waals surface area contributed by atoms with Crippen molar-refractivity contribution < 1.29 is 13.2 Å². The first-order valence-electron chi connectivity index (χ1n) is 5.71. The van der Waals surface area contributed by atoms with Crippen LogP contribution in [-0.4, -0.2) is 26.6 Å². The first kappa shape index (κ1) is 14.4. The number of carbonyl (C=O) groups is 1. The molecule has 18 heavy (non-hydrogen) atoms. The van der Waals surface area contributed by atoms with E-state index in [9.17, 15) is 13.2 Å². The van der Waals surface area contributed by atoms with Crippen molar-refractivity contribution in [1.82, 2.24) is 5.32 Å². The average Bonchev–Trinajstić information content (AvgIpc) is 2.38. The molecule has 0 aliphatic heterocycles. The molecule has 0 aromatic heterocycles. The Balaban J connectivity index is 2.48. The van der Waals surface area contributed by atoms with Crippen LogP contribution in [0.15, 0.2) is 47.9 Å². The van der Waals surface area contributed by atoms with Gasteiger partial charge in [0.1, 0.15) is 0 Å². The first-order valence-corrected chi connectivity index (χ1v) is 7.37. The number of hydrogen-bond donors (Lipinski definition) is 1. The second-order valence-corrected chi connectivity index (χ2v) is 5.92. The summed E-state index contributed by atoms with van der Waals surface area (Å²) in [6, 6.07) is 8.14. The van der Waals surface area contributed by atoms with Gasteiger partial charge < -0.3 is 5.32 Å². The van der Waals surface area contributed by atoms with Crippen LogP contribution in [-0.2, 0) is 14.6 Å². The Hall–Kier alpha value is -1.62. The van der Waals surface area contributed by atoms with E-state index in [2.05, 4.69) is 11.9 Å². The molecular weight excluding hydrogens is 250 g/mol. The summed E-state index contributed by atoms with van der Waals surface area (Å²) in [4.78, 5) is 11.6. The number of amides is 1. The molecule has 0 radical (unpaired) electrons. The largest absolute Gasteiger partial charge is 0.356 e. The summed E-state index contributed by atoms with van der Waals surface area (Å²) in [6.07, 6.45) is 2.35. The number of sulfone groups is 1. The van der Waals surface area contributed by atoms with Crippen molar-refractivity contribution in [1.29, 1.82) is 0 Å². The van der Waals surface area contributed by atoms with Crippen LogP contribution in [0.1, 0.15) is 12.8 Å². The third-order valence-corrected chi connectivity index (χ3v) is 4.10. The molecule has 4 nitrogen and oxygen atoms in total. The molecule has 0 aliphatic rings. The fourth-order valence-electron chi connectivity index (χ4n) is 1.37. The quantitative estimate of drug-likeness (QED) is 0.602. The van der Waals surface area contributed by atoms with Crippen molar-refractivity contribution in [3.05, 3.63) is 43.0 Å². The van der Waals surface area contributed by atoms with Gasteiger partial charge in [0.2, 0.25) is 5.91 Å². The van der Waals surface area contributed by atoms with Crippen LogP contribution < -0.4 is 5.32 Å². The molecule has 0 fully saturated rings. The third kappa shape index (κ3) is 4.71. The molecule has 0 atom stereocenters. The zero-order valence-corrected chi connectivity index (χ0v) is 10.9. The van der Waals surface area contributed by atoms with Crippen molar-refractivity contribution in [2.75, 3.05) is 12.3 Å². The van der Waals surface area contributed by atoms with Gasteiger partial charge in [-0.25, -0.2) is 8.42 Å². The van der Waals surface area contributed by atoms with Gasteiger partial charge in [0.05, 0.1) is 10.6 Å². The molecule has 0 spiro atoms. The highest BCUT2D eigenvalue weighted by atomic mass is 32.2. The van der Waals surface area contributed by atoms with E-state index in [0.29, 0.717) is 13.0 Å². The zero-order chi connectivity index (χ0) is 13.4. The van der Waals surface area contributed by atoms with E-state index >= 15 is 0 Å². The lowest BCUT2D eigenvalue weighted by Crippen LogP contribution is -2.26. The van der Waals surface area contributed by atoms with Crippen molar-refractivity contribution in [3.8, 4) is 0 Å². The minimum absolute atomic E-state index is 0.0195. The SMILES string of the molecule is C=CCCNC(=O)CCS(=O)(=O)c1ccccc1. The standard InChI is InChI=1S/C13H17NO3S/c1-2-3-10-14-13(15)9-11-18(16,17)12-7-5-4-6-8-12/h2,4-8H,1,3,9-11H2,(H,14,15). The monoisotopic (exact) mass is 267 g/mol. The van der Waals surface area contributed by atoms with Gasteiger partial charge in [-0.3, -0.25) is 4.79 Å². The Morgan fingerprint density at radius 1 is 1.28 bits per heavy atom. The molecular formula is C13H17NO3S. The maximum Gasteiger partial charge on any atom is 0.221 e. The fraction of sp³-hybridized carbons (Fsp3) is 0.308. The van der Waals surface area contributed by atoms with Crippen LogP contribution in [0.3, 0.4) is 0 Å². The molecule has 0 unspecified atom stereocenters. The molecule has 0 saturated carbocycles. The lowest BCUT2D eigenvalue weighted by atomic mass is 10.4. The van der Waals surface area contributed by atoms with Crippen molar-refractivity contribution in [2.45, 2.75) is 17.7 Å². The summed E-state index contributed by atoms with van der Waals surface area (Å²) in [7, 11) is -3.37. The molecule has 1 N–H and O–H groups in total. The van der Waals surface area contributed by atoms with Gasteiger partial charge in [0.15, 0.2) is 9.84 Å². The zero-order valence-electron chi connectivity index (χ0n) is 10.1. The first-order chi connectivity index (χ1) is 8.56. The summed E-state index contributed by atoms with van der Waals surface area (Å²) in [5, 5.41) is 2.63. The van der Waals surface area contributed by atoms with Gasteiger partial charge in [-0.1, -0.05) is 24.3 Å². The van der Waals surface area contributed by atoms with Gasteiger partial charge in [-0.2, -0.15) is 0 Å². The van der Waals surface area contributed by atoms with E-state index < -0.39 is 9.84 Å². The molecule has 0 bridgehead atoms. The van der Waals surface area contributed by atoms with E-state index in [1.165, 1.54) is 12.1 Å². The number of benzene rings is 1. The Morgan fingerprint density at radius 3 is 2.56 bits per heavy atom. The normalized spacial score (nSPS) is 10.9. The van der Waals surface area contributed by atoms with Crippen LogP contribution in [0.5, 0.6) is 0 Å². The van der Waals surface area contributed by atoms with Crippen molar-refractivity contribution in [3.63, 3.8) is 0 Å². The molecule has 1 aromatic carbocycles. The highest BCUT2D eigenvalue weighted by Crippen LogP contribution is 2.10. The highest BCUT2D eigenvalue weighted by molar-refractivity contribution is 7.91. The molecule has 0 saturated heterocycles. The molecule has 0 heterocycles. The minimum Gasteiger partial charge on any atom is -0.356 e. The highest BCUT2D eigenvalue weighted by Gasteiger charge is 2.15. The molecule has 98 valence electrons. The van der Waals surface area contributed by atoms with Crippen LogP contribution in [0, 0.1) is 0 Å². The van der Waals surface area contributed by atoms with Crippen LogP contribution in [0.25, 0.3) is 0 Å². The van der Waals surface area contributed by atoms with Gasteiger partial charge in [0, 0.05) is 13.0 Å². The molecule has 0 aliphatic carbocycles. The van der Waals surface area contributed by atoms with E-state index in [0.717, 1.165) is 0 Å². The molecule has 1 amide bonds. The fourth-order valence-corrected chi connectivity index (χ4v) is 2.64. The van der Waals surface area contributed by atoms with Gasteiger partial charge in [0.25, 0.3) is 0 Å². The number of carbonyl (C=O) groups excluding carboxylic acids is 1. The predicted molar refractivity (Wildman–Crippen MR) is 70.9 cm³/mol. The Morgan fingerprint density at radius 2 is 1.94 bits per heavy atom. The Bertz CT molecular complexity index is 494. The molecule has 1 rings (SSSR count).